The molecule has 0 bridgehead atoms. The van der Waals surface area contributed by atoms with E-state index >= 15 is 0 Å². The second-order valence-electron chi connectivity index (χ2n) is 3.65. The minimum Gasteiger partial charge on any atom is -0.497 e. The summed E-state index contributed by atoms with van der Waals surface area (Å²) in [4.78, 5) is 16.5. The molecular formula is C13H14N2O2. The van der Waals surface area contributed by atoms with Gasteiger partial charge in [-0.1, -0.05) is 0 Å². The van der Waals surface area contributed by atoms with Crippen LogP contribution in [-0.4, -0.2) is 25.0 Å². The second kappa shape index (κ2) is 4.74. The number of aromatic amines is 1. The molecule has 0 saturated heterocycles. The molecule has 4 heteroatoms. The SMILES string of the molecule is COc1ccc(N(C)C(=O)c2ccc[nH]2)cc1. The van der Waals surface area contributed by atoms with Crippen LogP contribution in [0.1, 0.15) is 10.5 Å². The number of hydrogen-bond acceptors (Lipinski definition) is 2. The molecular weight excluding hydrogens is 216 g/mol. The van der Waals surface area contributed by atoms with Crippen LogP contribution in [0.2, 0.25) is 0 Å². The van der Waals surface area contributed by atoms with Crippen molar-refractivity contribution in [3.8, 4) is 5.75 Å². The fourth-order valence-corrected chi connectivity index (χ4v) is 1.57. The summed E-state index contributed by atoms with van der Waals surface area (Å²) in [6, 6.07) is 10.9. The lowest BCUT2D eigenvalue weighted by molar-refractivity contribution is 0.0989. The van der Waals surface area contributed by atoms with Gasteiger partial charge in [0.25, 0.3) is 5.91 Å². The van der Waals surface area contributed by atoms with Crippen molar-refractivity contribution in [3.05, 3.63) is 48.3 Å². The number of carbonyl (C=O) groups is 1. The van der Waals surface area contributed by atoms with E-state index in [0.717, 1.165) is 11.4 Å². The average Bonchev–Trinajstić information content (AvgIpc) is 2.91. The van der Waals surface area contributed by atoms with Gasteiger partial charge in [-0.05, 0) is 36.4 Å². The average molecular weight is 230 g/mol. The van der Waals surface area contributed by atoms with E-state index in [0.29, 0.717) is 5.69 Å². The predicted molar refractivity (Wildman–Crippen MR) is 66.5 cm³/mol. The molecule has 1 aromatic heterocycles. The predicted octanol–water partition coefficient (Wildman–Crippen LogP) is 2.30. The third kappa shape index (κ3) is 2.30. The fraction of sp³-hybridized carbons (Fsp3) is 0.154. The van der Waals surface area contributed by atoms with Gasteiger partial charge in [-0.2, -0.15) is 0 Å². The van der Waals surface area contributed by atoms with Crippen LogP contribution in [0, 0.1) is 0 Å². The maximum Gasteiger partial charge on any atom is 0.274 e. The molecule has 0 radical (unpaired) electrons. The minimum atomic E-state index is -0.0693. The molecule has 0 spiro atoms. The Labute approximate surface area is 99.8 Å². The monoisotopic (exact) mass is 230 g/mol. The number of H-pyrrole nitrogens is 1. The molecule has 0 aliphatic rings. The van der Waals surface area contributed by atoms with Crippen LogP contribution in [-0.2, 0) is 0 Å². The van der Waals surface area contributed by atoms with Gasteiger partial charge in [-0.3, -0.25) is 4.79 Å². The Morgan fingerprint density at radius 2 is 1.94 bits per heavy atom. The lowest BCUT2D eigenvalue weighted by Gasteiger charge is -2.16. The highest BCUT2D eigenvalue weighted by atomic mass is 16.5. The summed E-state index contributed by atoms with van der Waals surface area (Å²) in [6.45, 7) is 0. The van der Waals surface area contributed by atoms with Gasteiger partial charge in [-0.15, -0.1) is 0 Å². The lowest BCUT2D eigenvalue weighted by atomic mass is 10.2. The highest BCUT2D eigenvalue weighted by Crippen LogP contribution is 2.19. The van der Waals surface area contributed by atoms with E-state index in [1.165, 1.54) is 0 Å². The Kier molecular flexibility index (Phi) is 3.14. The largest absolute Gasteiger partial charge is 0.497 e. The first kappa shape index (κ1) is 11.3. The first-order chi connectivity index (χ1) is 8.22. The summed E-state index contributed by atoms with van der Waals surface area (Å²) in [5, 5.41) is 0. The third-order valence-corrected chi connectivity index (χ3v) is 2.59. The van der Waals surface area contributed by atoms with Gasteiger partial charge < -0.3 is 14.6 Å². The number of ether oxygens (including phenoxy) is 1. The molecule has 17 heavy (non-hydrogen) atoms. The molecule has 2 rings (SSSR count). The Balaban J connectivity index is 2.19. The normalized spacial score (nSPS) is 10.0. The lowest BCUT2D eigenvalue weighted by Crippen LogP contribution is -2.26. The van der Waals surface area contributed by atoms with Gasteiger partial charge in [0, 0.05) is 18.9 Å². The zero-order valence-corrected chi connectivity index (χ0v) is 9.81. The fourth-order valence-electron chi connectivity index (χ4n) is 1.57. The van der Waals surface area contributed by atoms with Gasteiger partial charge in [0.2, 0.25) is 0 Å². The molecule has 0 fully saturated rings. The standard InChI is InChI=1S/C13H14N2O2/c1-15(13(16)12-4-3-9-14-12)10-5-7-11(17-2)8-6-10/h3-9,14H,1-2H3. The van der Waals surface area contributed by atoms with Crippen LogP contribution in [0.15, 0.2) is 42.6 Å². The molecule has 88 valence electrons. The summed E-state index contributed by atoms with van der Waals surface area (Å²) in [7, 11) is 3.35. The number of hydrogen-bond donors (Lipinski definition) is 1. The van der Waals surface area contributed by atoms with E-state index in [2.05, 4.69) is 4.98 Å². The van der Waals surface area contributed by atoms with Crippen LogP contribution < -0.4 is 9.64 Å². The zero-order valence-electron chi connectivity index (χ0n) is 9.81. The Hall–Kier alpha value is -2.23. The number of carbonyl (C=O) groups excluding carboxylic acids is 1. The number of rotatable bonds is 3. The van der Waals surface area contributed by atoms with E-state index < -0.39 is 0 Å². The van der Waals surface area contributed by atoms with Crippen molar-refractivity contribution < 1.29 is 9.53 Å². The number of amides is 1. The summed E-state index contributed by atoms with van der Waals surface area (Å²) in [5.41, 5.74) is 1.40. The molecule has 0 atom stereocenters. The molecule has 2 aromatic rings. The van der Waals surface area contributed by atoms with Crippen molar-refractivity contribution in [2.45, 2.75) is 0 Å². The second-order valence-corrected chi connectivity index (χ2v) is 3.65. The molecule has 1 aromatic carbocycles. The van der Waals surface area contributed by atoms with Crippen LogP contribution in [0.5, 0.6) is 5.75 Å². The molecule has 0 aliphatic heterocycles. The third-order valence-electron chi connectivity index (χ3n) is 2.59. The van der Waals surface area contributed by atoms with Crippen molar-refractivity contribution >= 4 is 11.6 Å². The Bertz CT molecular complexity index is 489. The number of methoxy groups -OCH3 is 1. The first-order valence-corrected chi connectivity index (χ1v) is 5.28. The molecule has 0 unspecified atom stereocenters. The summed E-state index contributed by atoms with van der Waals surface area (Å²) < 4.78 is 5.07. The Morgan fingerprint density at radius 3 is 2.47 bits per heavy atom. The number of nitrogens with one attached hydrogen (secondary N) is 1. The van der Waals surface area contributed by atoms with Gasteiger partial charge in [0.05, 0.1) is 7.11 Å². The van der Waals surface area contributed by atoms with Crippen LogP contribution in [0.3, 0.4) is 0 Å². The number of nitrogens with zero attached hydrogens (tertiary/aromatic N) is 1. The van der Waals surface area contributed by atoms with Gasteiger partial charge in [0.1, 0.15) is 11.4 Å². The number of benzene rings is 1. The molecule has 0 saturated carbocycles. The van der Waals surface area contributed by atoms with Crippen molar-refractivity contribution in [1.29, 1.82) is 0 Å². The highest BCUT2D eigenvalue weighted by Gasteiger charge is 2.13. The van der Waals surface area contributed by atoms with Crippen molar-refractivity contribution in [3.63, 3.8) is 0 Å². The Morgan fingerprint density at radius 1 is 1.24 bits per heavy atom. The zero-order chi connectivity index (χ0) is 12.3. The van der Waals surface area contributed by atoms with Crippen molar-refractivity contribution in [1.82, 2.24) is 4.98 Å². The molecule has 1 heterocycles. The maximum atomic E-state index is 12.0. The molecule has 4 nitrogen and oxygen atoms in total. The van der Waals surface area contributed by atoms with Crippen molar-refractivity contribution in [2.75, 3.05) is 19.1 Å². The maximum absolute atomic E-state index is 12.0. The van der Waals surface area contributed by atoms with E-state index in [4.69, 9.17) is 4.74 Å². The van der Waals surface area contributed by atoms with Crippen LogP contribution >= 0.6 is 0 Å². The smallest absolute Gasteiger partial charge is 0.274 e. The van der Waals surface area contributed by atoms with E-state index in [-0.39, 0.29) is 5.91 Å². The summed E-state index contributed by atoms with van der Waals surface area (Å²) in [6.07, 6.45) is 1.73. The van der Waals surface area contributed by atoms with E-state index in [1.807, 2.05) is 24.3 Å². The van der Waals surface area contributed by atoms with Gasteiger partial charge in [0.15, 0.2) is 0 Å². The quantitative estimate of drug-likeness (QED) is 0.879. The van der Waals surface area contributed by atoms with Gasteiger partial charge in [-0.25, -0.2) is 0 Å². The molecule has 1 amide bonds. The number of aromatic nitrogens is 1. The first-order valence-electron chi connectivity index (χ1n) is 5.28. The minimum absolute atomic E-state index is 0.0693. The topological polar surface area (TPSA) is 45.3 Å². The number of anilines is 1. The molecule has 1 N–H and O–H groups in total. The van der Waals surface area contributed by atoms with Crippen LogP contribution in [0.4, 0.5) is 5.69 Å². The van der Waals surface area contributed by atoms with Crippen LogP contribution in [0.25, 0.3) is 0 Å². The summed E-state index contributed by atoms with van der Waals surface area (Å²) in [5.74, 6) is 0.703. The summed E-state index contributed by atoms with van der Waals surface area (Å²) >= 11 is 0. The van der Waals surface area contributed by atoms with Gasteiger partial charge >= 0.3 is 0 Å². The van der Waals surface area contributed by atoms with Crippen molar-refractivity contribution in [2.24, 2.45) is 0 Å². The van der Waals surface area contributed by atoms with E-state index in [9.17, 15) is 4.79 Å². The molecule has 0 aliphatic carbocycles. The van der Waals surface area contributed by atoms with E-state index in [1.54, 1.807) is 37.4 Å². The highest BCUT2D eigenvalue weighted by molar-refractivity contribution is 6.04.